The van der Waals surface area contributed by atoms with E-state index in [1.54, 1.807) is 0 Å². The van der Waals surface area contributed by atoms with Crippen LogP contribution in [0, 0.1) is 0 Å². The second-order valence-corrected chi connectivity index (χ2v) is 11.8. The molecule has 156 valence electrons. The second-order valence-electron chi connectivity index (χ2n) is 8.96. The topological polar surface area (TPSA) is 55.4 Å². The highest BCUT2D eigenvalue weighted by atomic mass is 32.2. The minimum Gasteiger partial charge on any atom is -0.348 e. The van der Waals surface area contributed by atoms with Gasteiger partial charge in [-0.25, -0.2) is 0 Å². The molecule has 0 unspecified atom stereocenters. The summed E-state index contributed by atoms with van der Waals surface area (Å²) in [6.07, 6.45) is 0.279. The minimum atomic E-state index is -0.696. The molecular weight excluding hydrogens is 388 g/mol. The summed E-state index contributed by atoms with van der Waals surface area (Å²) in [5.41, 5.74) is 0. The lowest BCUT2D eigenvalue weighted by molar-refractivity contribution is -0.178. The van der Waals surface area contributed by atoms with Gasteiger partial charge in [-0.2, -0.15) is 0 Å². The van der Waals surface area contributed by atoms with Gasteiger partial charge >= 0.3 is 0 Å². The van der Waals surface area contributed by atoms with Crippen LogP contribution in [0.3, 0.4) is 0 Å². The Morgan fingerprint density at radius 2 is 1.15 bits per heavy atom. The summed E-state index contributed by atoms with van der Waals surface area (Å²) in [5.74, 6) is 0.386. The van der Waals surface area contributed by atoms with Gasteiger partial charge in [-0.05, 0) is 59.5 Å². The van der Waals surface area contributed by atoms with Gasteiger partial charge in [-0.1, -0.05) is 0 Å². The van der Waals surface area contributed by atoms with E-state index in [0.717, 1.165) is 11.5 Å². The third kappa shape index (κ3) is 4.48. The summed E-state index contributed by atoms with van der Waals surface area (Å²) in [6, 6.07) is 0. The van der Waals surface area contributed by atoms with E-state index >= 15 is 0 Å². The fourth-order valence-corrected chi connectivity index (χ4v) is 7.25. The molecule has 8 heteroatoms. The fourth-order valence-electron chi connectivity index (χ4n) is 4.21. The van der Waals surface area contributed by atoms with E-state index in [2.05, 4.69) is 0 Å². The molecule has 6 nitrogen and oxygen atoms in total. The standard InChI is InChI=1S/C19H32O6S2/c1-17(2)20-10-11(21-17)12-13(23-18(3,4)22-12)14-15(25-19(5,6)24-14)16-26-8-7-9-27-16/h11-16H,7-10H2,1-6H3/t11-,12-,13+,14-,15-/m1/s1. The van der Waals surface area contributed by atoms with Gasteiger partial charge in [0.25, 0.3) is 0 Å². The molecule has 4 rings (SSSR count). The normalized spacial score (nSPS) is 44.0. The van der Waals surface area contributed by atoms with Crippen LogP contribution in [0.2, 0.25) is 0 Å². The summed E-state index contributed by atoms with van der Waals surface area (Å²) in [7, 11) is 0. The maximum absolute atomic E-state index is 6.38. The Morgan fingerprint density at radius 3 is 1.70 bits per heavy atom. The molecule has 0 saturated carbocycles. The van der Waals surface area contributed by atoms with E-state index in [0.29, 0.717) is 11.2 Å². The molecular formula is C19H32O6S2. The summed E-state index contributed by atoms with van der Waals surface area (Å²) < 4.78 is 37.6. The van der Waals surface area contributed by atoms with Gasteiger partial charge in [0.2, 0.25) is 0 Å². The van der Waals surface area contributed by atoms with Gasteiger partial charge in [-0.3, -0.25) is 0 Å². The number of hydrogen-bond donors (Lipinski definition) is 0. The Balaban J connectivity index is 1.57. The van der Waals surface area contributed by atoms with Crippen LogP contribution in [0.15, 0.2) is 0 Å². The molecule has 4 saturated heterocycles. The Labute approximate surface area is 170 Å². The number of ether oxygens (including phenoxy) is 6. The molecule has 0 amide bonds. The third-order valence-corrected chi connectivity index (χ3v) is 8.23. The van der Waals surface area contributed by atoms with Crippen LogP contribution in [0.1, 0.15) is 48.0 Å². The molecule has 4 aliphatic heterocycles. The van der Waals surface area contributed by atoms with Crippen LogP contribution in [0.4, 0.5) is 0 Å². The molecule has 0 radical (unpaired) electrons. The van der Waals surface area contributed by atoms with Crippen molar-refractivity contribution in [3.05, 3.63) is 0 Å². The number of thioether (sulfide) groups is 2. The van der Waals surface area contributed by atoms with Crippen molar-refractivity contribution < 1.29 is 28.4 Å². The second kappa shape index (κ2) is 7.30. The van der Waals surface area contributed by atoms with Gasteiger partial charge < -0.3 is 28.4 Å². The van der Waals surface area contributed by atoms with Gasteiger partial charge in [0, 0.05) is 0 Å². The lowest BCUT2D eigenvalue weighted by Gasteiger charge is -2.32. The van der Waals surface area contributed by atoms with Gasteiger partial charge in [-0.15, -0.1) is 23.5 Å². The molecule has 0 aromatic rings. The van der Waals surface area contributed by atoms with Crippen molar-refractivity contribution >= 4 is 23.5 Å². The molecule has 0 aromatic carbocycles. The van der Waals surface area contributed by atoms with Crippen molar-refractivity contribution in [2.75, 3.05) is 18.1 Å². The fraction of sp³-hybridized carbons (Fsp3) is 1.00. The minimum absolute atomic E-state index is 0.0457. The first-order valence-electron chi connectivity index (χ1n) is 9.82. The SMILES string of the molecule is CC1(C)O[C@H]([C@H]2OC(C)(C)O[C@H]2C2SCCCS2)[C@@H]([C@H]2COC(C)(C)O2)O1. The zero-order chi connectivity index (χ0) is 19.4. The number of hydrogen-bond acceptors (Lipinski definition) is 8. The molecule has 0 aliphatic carbocycles. The Kier molecular flexibility index (Phi) is 5.61. The van der Waals surface area contributed by atoms with Gasteiger partial charge in [0.1, 0.15) is 30.5 Å². The van der Waals surface area contributed by atoms with Crippen molar-refractivity contribution in [1.82, 2.24) is 0 Å². The Morgan fingerprint density at radius 1 is 0.630 bits per heavy atom. The van der Waals surface area contributed by atoms with Crippen molar-refractivity contribution in [2.24, 2.45) is 0 Å². The molecule has 5 atom stereocenters. The average molecular weight is 421 g/mol. The molecule has 4 heterocycles. The molecule has 0 bridgehead atoms. The van der Waals surface area contributed by atoms with Crippen molar-refractivity contribution in [3.8, 4) is 0 Å². The molecule has 0 N–H and O–H groups in total. The van der Waals surface area contributed by atoms with E-state index in [1.165, 1.54) is 6.42 Å². The van der Waals surface area contributed by atoms with E-state index < -0.39 is 17.4 Å². The lowest BCUT2D eigenvalue weighted by atomic mass is 10.00. The quantitative estimate of drug-likeness (QED) is 0.689. The van der Waals surface area contributed by atoms with Crippen molar-refractivity contribution in [2.45, 2.75) is 100 Å². The molecule has 4 aliphatic rings. The summed E-state index contributed by atoms with van der Waals surface area (Å²) in [4.78, 5) is 0. The first kappa shape index (κ1) is 20.7. The largest absolute Gasteiger partial charge is 0.348 e. The molecule has 0 spiro atoms. The highest BCUT2D eigenvalue weighted by Gasteiger charge is 2.58. The summed E-state index contributed by atoms with van der Waals surface area (Å²) >= 11 is 3.93. The Bertz CT molecular complexity index is 548. The first-order chi connectivity index (χ1) is 12.6. The highest BCUT2D eigenvalue weighted by molar-refractivity contribution is 8.17. The first-order valence-corrected chi connectivity index (χ1v) is 11.9. The highest BCUT2D eigenvalue weighted by Crippen LogP contribution is 2.46. The summed E-state index contributed by atoms with van der Waals surface area (Å²) in [5, 5.41) is 0. The predicted molar refractivity (Wildman–Crippen MR) is 106 cm³/mol. The van der Waals surface area contributed by atoms with E-state index in [4.69, 9.17) is 28.4 Å². The summed E-state index contributed by atoms with van der Waals surface area (Å²) in [6.45, 7) is 12.2. The smallest absolute Gasteiger partial charge is 0.164 e. The van der Waals surface area contributed by atoms with Crippen LogP contribution in [0.25, 0.3) is 0 Å². The average Bonchev–Trinajstić information content (AvgIpc) is 3.20. The Hall–Kier alpha value is 0.460. The van der Waals surface area contributed by atoms with Crippen LogP contribution in [0.5, 0.6) is 0 Å². The molecule has 27 heavy (non-hydrogen) atoms. The van der Waals surface area contributed by atoms with E-state index in [1.807, 2.05) is 65.1 Å². The molecule has 4 fully saturated rings. The molecule has 0 aromatic heterocycles. The van der Waals surface area contributed by atoms with Crippen LogP contribution >= 0.6 is 23.5 Å². The van der Waals surface area contributed by atoms with Crippen molar-refractivity contribution in [3.63, 3.8) is 0 Å². The third-order valence-electron chi connectivity index (χ3n) is 5.17. The van der Waals surface area contributed by atoms with Crippen LogP contribution < -0.4 is 0 Å². The van der Waals surface area contributed by atoms with E-state index in [9.17, 15) is 0 Å². The maximum atomic E-state index is 6.38. The monoisotopic (exact) mass is 420 g/mol. The lowest BCUT2D eigenvalue weighted by Crippen LogP contribution is -2.49. The zero-order valence-corrected chi connectivity index (χ0v) is 18.7. The van der Waals surface area contributed by atoms with Gasteiger partial charge in [0.15, 0.2) is 17.4 Å². The van der Waals surface area contributed by atoms with Crippen molar-refractivity contribution in [1.29, 1.82) is 0 Å². The maximum Gasteiger partial charge on any atom is 0.164 e. The van der Waals surface area contributed by atoms with Gasteiger partial charge in [0.05, 0.1) is 11.2 Å². The predicted octanol–water partition coefficient (Wildman–Crippen LogP) is 3.37. The zero-order valence-electron chi connectivity index (χ0n) is 17.1. The van der Waals surface area contributed by atoms with E-state index in [-0.39, 0.29) is 30.5 Å². The van der Waals surface area contributed by atoms with Crippen LogP contribution in [-0.4, -0.2) is 70.6 Å². The van der Waals surface area contributed by atoms with Crippen LogP contribution in [-0.2, 0) is 28.4 Å². The number of rotatable bonds is 3.